The van der Waals surface area contributed by atoms with Crippen molar-refractivity contribution < 1.29 is 17.9 Å². The van der Waals surface area contributed by atoms with Gasteiger partial charge in [0.15, 0.2) is 0 Å². The van der Waals surface area contributed by atoms with Crippen molar-refractivity contribution in [2.75, 3.05) is 7.11 Å². The first-order chi connectivity index (χ1) is 7.30. The summed E-state index contributed by atoms with van der Waals surface area (Å²) in [6, 6.07) is 3.08. The third-order valence-corrected chi connectivity index (χ3v) is 4.10. The molecular formula is C11H14O4S. The van der Waals surface area contributed by atoms with Crippen molar-refractivity contribution in [2.45, 2.75) is 25.7 Å². The van der Waals surface area contributed by atoms with Gasteiger partial charge in [-0.25, -0.2) is 8.42 Å². The molecule has 0 radical (unpaired) electrons. The lowest BCUT2D eigenvalue weighted by atomic mass is 10.1. The maximum Gasteiger partial charge on any atom is 0.248 e. The average Bonchev–Trinajstić information content (AvgIpc) is 2.20. The fourth-order valence-corrected chi connectivity index (χ4v) is 2.34. The van der Waals surface area contributed by atoms with E-state index in [1.54, 1.807) is 13.0 Å². The molecule has 1 rings (SSSR count). The fourth-order valence-electron chi connectivity index (χ4n) is 1.29. The molecule has 0 saturated heterocycles. The lowest BCUT2D eigenvalue weighted by molar-refractivity contribution is -0.109. The number of ether oxygens (including phenoxy) is 1. The fraction of sp³-hybridized carbons (Fsp3) is 0.364. The van der Waals surface area contributed by atoms with Crippen LogP contribution in [0.4, 0.5) is 0 Å². The molecule has 0 spiro atoms. The maximum absolute atomic E-state index is 11.7. The van der Waals surface area contributed by atoms with Crippen molar-refractivity contribution in [3.63, 3.8) is 0 Å². The molecule has 0 N–H and O–H groups in total. The summed E-state index contributed by atoms with van der Waals surface area (Å²) in [6.45, 7) is 4.67. The van der Waals surface area contributed by atoms with Gasteiger partial charge in [-0.05, 0) is 37.1 Å². The molecule has 1 aromatic carbocycles. The number of carbonyl (C=O) groups excluding carboxylic acids is 1. The third kappa shape index (κ3) is 2.09. The lowest BCUT2D eigenvalue weighted by Gasteiger charge is -2.10. The van der Waals surface area contributed by atoms with Gasteiger partial charge in [0, 0.05) is 6.92 Å². The van der Waals surface area contributed by atoms with Crippen molar-refractivity contribution in [3.8, 4) is 5.75 Å². The van der Waals surface area contributed by atoms with Gasteiger partial charge in [-0.2, -0.15) is 0 Å². The highest BCUT2D eigenvalue weighted by atomic mass is 32.2. The Bertz CT molecular complexity index is 529. The number of hydrogen-bond acceptors (Lipinski definition) is 4. The monoisotopic (exact) mass is 242 g/mol. The highest BCUT2D eigenvalue weighted by Gasteiger charge is 2.25. The number of carbonyl (C=O) groups is 1. The number of methoxy groups -OCH3 is 1. The molecule has 1 aromatic rings. The Morgan fingerprint density at radius 1 is 1.19 bits per heavy atom. The first-order valence-electron chi connectivity index (χ1n) is 4.71. The van der Waals surface area contributed by atoms with E-state index in [1.807, 2.05) is 6.92 Å². The zero-order valence-electron chi connectivity index (χ0n) is 9.70. The SMILES string of the molecule is COc1cc(C)c(C)cc1S(=O)(=O)C(C)=O. The minimum Gasteiger partial charge on any atom is -0.495 e. The van der Waals surface area contributed by atoms with Crippen LogP contribution in [0.15, 0.2) is 17.0 Å². The minimum atomic E-state index is -3.92. The summed E-state index contributed by atoms with van der Waals surface area (Å²) in [7, 11) is -2.54. The second-order valence-electron chi connectivity index (χ2n) is 3.58. The van der Waals surface area contributed by atoms with Gasteiger partial charge < -0.3 is 4.74 Å². The summed E-state index contributed by atoms with van der Waals surface area (Å²) in [4.78, 5) is 11.0. The van der Waals surface area contributed by atoms with Gasteiger partial charge >= 0.3 is 0 Å². The standard InChI is InChI=1S/C11H14O4S/c1-7-5-10(15-4)11(6-8(7)2)16(13,14)9(3)12/h5-6H,1-4H3. The second kappa shape index (κ2) is 4.25. The Balaban J connectivity index is 3.57. The largest absolute Gasteiger partial charge is 0.495 e. The molecule has 0 bridgehead atoms. The van der Waals surface area contributed by atoms with Crippen LogP contribution in [0.1, 0.15) is 18.1 Å². The van der Waals surface area contributed by atoms with Gasteiger partial charge in [0.25, 0.3) is 0 Å². The molecule has 0 atom stereocenters. The van der Waals surface area contributed by atoms with Gasteiger partial charge in [0.1, 0.15) is 10.6 Å². The maximum atomic E-state index is 11.7. The number of hydrogen-bond donors (Lipinski definition) is 0. The summed E-state index contributed by atoms with van der Waals surface area (Å²) in [5.74, 6) is 0.207. The topological polar surface area (TPSA) is 60.4 Å². The van der Waals surface area contributed by atoms with E-state index in [0.717, 1.165) is 18.1 Å². The summed E-state index contributed by atoms with van der Waals surface area (Å²) in [5, 5.41) is -0.881. The van der Waals surface area contributed by atoms with E-state index in [9.17, 15) is 13.2 Å². The van der Waals surface area contributed by atoms with Crippen LogP contribution in [-0.2, 0) is 14.6 Å². The van der Waals surface area contributed by atoms with Crippen LogP contribution in [0.5, 0.6) is 5.75 Å². The Morgan fingerprint density at radius 3 is 2.12 bits per heavy atom. The summed E-state index contributed by atoms with van der Waals surface area (Å²) in [6.07, 6.45) is 0. The first kappa shape index (κ1) is 12.7. The highest BCUT2D eigenvalue weighted by molar-refractivity contribution is 8.06. The molecule has 0 saturated carbocycles. The van der Waals surface area contributed by atoms with Gasteiger partial charge in [0.05, 0.1) is 7.11 Å². The van der Waals surface area contributed by atoms with Crippen LogP contribution in [0.3, 0.4) is 0 Å². The Kier molecular flexibility index (Phi) is 3.38. The van der Waals surface area contributed by atoms with Gasteiger partial charge in [-0.15, -0.1) is 0 Å². The predicted octanol–water partition coefficient (Wildman–Crippen LogP) is 1.63. The molecule has 0 heterocycles. The minimum absolute atomic E-state index is 0.0643. The Labute approximate surface area is 95.2 Å². The number of rotatable bonds is 2. The first-order valence-corrected chi connectivity index (χ1v) is 6.20. The molecule has 0 aliphatic carbocycles. The summed E-state index contributed by atoms with van der Waals surface area (Å²) < 4.78 is 28.5. The highest BCUT2D eigenvalue weighted by Crippen LogP contribution is 2.28. The smallest absolute Gasteiger partial charge is 0.248 e. The normalized spacial score (nSPS) is 11.2. The zero-order valence-corrected chi connectivity index (χ0v) is 10.5. The molecule has 0 fully saturated rings. The zero-order chi connectivity index (χ0) is 12.5. The van der Waals surface area contributed by atoms with Crippen LogP contribution < -0.4 is 4.74 Å². The number of sulfone groups is 1. The van der Waals surface area contributed by atoms with Gasteiger partial charge in [-0.1, -0.05) is 0 Å². The molecule has 5 heteroatoms. The molecule has 0 aliphatic heterocycles. The number of aryl methyl sites for hydroxylation is 2. The van der Waals surface area contributed by atoms with Crippen molar-refractivity contribution in [1.82, 2.24) is 0 Å². The van der Waals surface area contributed by atoms with Crippen LogP contribution >= 0.6 is 0 Å². The van der Waals surface area contributed by atoms with E-state index >= 15 is 0 Å². The molecule has 0 aromatic heterocycles. The summed E-state index contributed by atoms with van der Waals surface area (Å²) in [5.41, 5.74) is 1.72. The molecule has 16 heavy (non-hydrogen) atoms. The van der Waals surface area contributed by atoms with Crippen LogP contribution in [0, 0.1) is 13.8 Å². The van der Waals surface area contributed by atoms with E-state index < -0.39 is 15.0 Å². The second-order valence-corrected chi connectivity index (χ2v) is 5.60. The molecule has 0 aliphatic rings. The Hall–Kier alpha value is -1.36. The van der Waals surface area contributed by atoms with E-state index in [1.165, 1.54) is 13.2 Å². The van der Waals surface area contributed by atoms with Crippen molar-refractivity contribution in [2.24, 2.45) is 0 Å². The van der Waals surface area contributed by atoms with Crippen LogP contribution in [0.25, 0.3) is 0 Å². The molecular weight excluding hydrogens is 228 g/mol. The van der Waals surface area contributed by atoms with Gasteiger partial charge in [-0.3, -0.25) is 4.79 Å². The Morgan fingerprint density at radius 2 is 1.69 bits per heavy atom. The van der Waals surface area contributed by atoms with Gasteiger partial charge in [0.2, 0.25) is 15.0 Å². The average molecular weight is 242 g/mol. The molecule has 0 unspecified atom stereocenters. The van der Waals surface area contributed by atoms with E-state index in [2.05, 4.69) is 0 Å². The lowest BCUT2D eigenvalue weighted by Crippen LogP contribution is -2.12. The predicted molar refractivity (Wildman–Crippen MR) is 60.3 cm³/mol. The third-order valence-electron chi connectivity index (χ3n) is 2.45. The molecule has 0 amide bonds. The molecule has 4 nitrogen and oxygen atoms in total. The van der Waals surface area contributed by atoms with Crippen molar-refractivity contribution in [1.29, 1.82) is 0 Å². The summed E-state index contributed by atoms with van der Waals surface area (Å²) >= 11 is 0. The molecule has 88 valence electrons. The quantitative estimate of drug-likeness (QED) is 0.791. The van der Waals surface area contributed by atoms with E-state index in [0.29, 0.717) is 0 Å². The van der Waals surface area contributed by atoms with Crippen molar-refractivity contribution in [3.05, 3.63) is 23.3 Å². The van der Waals surface area contributed by atoms with E-state index in [4.69, 9.17) is 4.74 Å². The van der Waals surface area contributed by atoms with E-state index in [-0.39, 0.29) is 10.6 Å². The van der Waals surface area contributed by atoms with Crippen LogP contribution in [-0.4, -0.2) is 20.6 Å². The number of benzene rings is 1. The van der Waals surface area contributed by atoms with Crippen LogP contribution in [0.2, 0.25) is 0 Å². The van der Waals surface area contributed by atoms with Crippen molar-refractivity contribution >= 4 is 15.0 Å².